The van der Waals surface area contributed by atoms with Crippen LogP contribution in [0.5, 0.6) is 5.75 Å². The zero-order chi connectivity index (χ0) is 22.3. The summed E-state index contributed by atoms with van der Waals surface area (Å²) in [6, 6.07) is 23.1. The molecule has 0 radical (unpaired) electrons. The maximum absolute atomic E-state index is 13.5. The topological polar surface area (TPSA) is 68.5 Å². The average molecular weight is 428 g/mol. The Bertz CT molecular complexity index is 1160. The maximum Gasteiger partial charge on any atom is 0.276 e. The standard InChI is InChI=1S/C26H25N3O3/c1-19(15-21-11-6-7-13-24(21)31-2)29(18-20-9-4-3-5-10-20)26(30)23-16-25(32-28-23)22-12-8-14-27-17-22/h3-14,16-17,19H,15,18H2,1-2H3. The third kappa shape index (κ3) is 4.86. The second-order valence-electron chi connectivity index (χ2n) is 7.60. The third-order valence-corrected chi connectivity index (χ3v) is 5.37. The lowest BCUT2D eigenvalue weighted by Crippen LogP contribution is -2.39. The molecule has 2 aromatic carbocycles. The summed E-state index contributed by atoms with van der Waals surface area (Å²) >= 11 is 0. The molecule has 32 heavy (non-hydrogen) atoms. The summed E-state index contributed by atoms with van der Waals surface area (Å²) in [6.07, 6.45) is 4.02. The Morgan fingerprint density at radius 3 is 2.59 bits per heavy atom. The second-order valence-corrected chi connectivity index (χ2v) is 7.60. The smallest absolute Gasteiger partial charge is 0.276 e. The van der Waals surface area contributed by atoms with E-state index in [9.17, 15) is 4.79 Å². The van der Waals surface area contributed by atoms with E-state index in [0.29, 0.717) is 18.7 Å². The van der Waals surface area contributed by atoms with Crippen LogP contribution in [0.3, 0.4) is 0 Å². The molecule has 0 fully saturated rings. The molecule has 0 aliphatic rings. The molecule has 1 amide bonds. The summed E-state index contributed by atoms with van der Waals surface area (Å²) < 4.78 is 11.0. The molecule has 0 aliphatic heterocycles. The highest BCUT2D eigenvalue weighted by molar-refractivity contribution is 5.93. The van der Waals surface area contributed by atoms with Crippen LogP contribution in [0.4, 0.5) is 0 Å². The SMILES string of the molecule is COc1ccccc1CC(C)N(Cc1ccccc1)C(=O)c1cc(-c2cccnc2)on1. The first-order valence-electron chi connectivity index (χ1n) is 10.5. The Morgan fingerprint density at radius 2 is 1.84 bits per heavy atom. The van der Waals surface area contributed by atoms with Gasteiger partial charge in [-0.05, 0) is 42.7 Å². The lowest BCUT2D eigenvalue weighted by Gasteiger charge is -2.29. The van der Waals surface area contributed by atoms with Crippen molar-refractivity contribution in [2.24, 2.45) is 0 Å². The van der Waals surface area contributed by atoms with E-state index in [0.717, 1.165) is 22.4 Å². The highest BCUT2D eigenvalue weighted by atomic mass is 16.5. The predicted molar refractivity (Wildman–Crippen MR) is 122 cm³/mol. The van der Waals surface area contributed by atoms with Crippen LogP contribution in [0.2, 0.25) is 0 Å². The van der Waals surface area contributed by atoms with Crippen molar-refractivity contribution >= 4 is 5.91 Å². The number of pyridine rings is 1. The Hall–Kier alpha value is -3.93. The van der Waals surface area contributed by atoms with Crippen molar-refractivity contribution in [2.75, 3.05) is 7.11 Å². The number of carbonyl (C=O) groups excluding carboxylic acids is 1. The van der Waals surface area contributed by atoms with Crippen LogP contribution in [0.15, 0.2) is 89.7 Å². The summed E-state index contributed by atoms with van der Waals surface area (Å²) in [6.45, 7) is 2.50. The minimum Gasteiger partial charge on any atom is -0.496 e. The number of benzene rings is 2. The lowest BCUT2D eigenvalue weighted by molar-refractivity contribution is 0.0664. The minimum atomic E-state index is -0.185. The molecule has 0 aliphatic carbocycles. The number of nitrogens with zero attached hydrogens (tertiary/aromatic N) is 3. The fraction of sp³-hybridized carbons (Fsp3) is 0.192. The van der Waals surface area contributed by atoms with Crippen molar-refractivity contribution in [3.63, 3.8) is 0 Å². The van der Waals surface area contributed by atoms with E-state index in [1.807, 2.05) is 78.6 Å². The van der Waals surface area contributed by atoms with E-state index in [4.69, 9.17) is 9.26 Å². The van der Waals surface area contributed by atoms with Gasteiger partial charge in [-0.2, -0.15) is 0 Å². The molecule has 0 saturated heterocycles. The quantitative estimate of drug-likeness (QED) is 0.395. The van der Waals surface area contributed by atoms with E-state index in [1.54, 1.807) is 25.6 Å². The average Bonchev–Trinajstić information content (AvgIpc) is 3.34. The van der Waals surface area contributed by atoms with Gasteiger partial charge in [-0.25, -0.2) is 0 Å². The van der Waals surface area contributed by atoms with Gasteiger partial charge >= 0.3 is 0 Å². The molecule has 162 valence electrons. The molecule has 0 bridgehead atoms. The first-order valence-corrected chi connectivity index (χ1v) is 10.5. The second kappa shape index (κ2) is 9.92. The van der Waals surface area contributed by atoms with Gasteiger partial charge in [0.05, 0.1) is 7.11 Å². The van der Waals surface area contributed by atoms with E-state index < -0.39 is 0 Å². The highest BCUT2D eigenvalue weighted by Gasteiger charge is 2.26. The number of carbonyl (C=O) groups is 1. The molecule has 6 nitrogen and oxygen atoms in total. The largest absolute Gasteiger partial charge is 0.496 e. The number of rotatable bonds is 8. The molecule has 1 unspecified atom stereocenters. The zero-order valence-corrected chi connectivity index (χ0v) is 18.1. The number of ether oxygens (including phenoxy) is 1. The van der Waals surface area contributed by atoms with Gasteiger partial charge in [-0.15, -0.1) is 0 Å². The van der Waals surface area contributed by atoms with E-state index in [1.165, 1.54) is 0 Å². The summed E-state index contributed by atoms with van der Waals surface area (Å²) in [4.78, 5) is 19.5. The molecule has 2 aromatic heterocycles. The molecular formula is C26H25N3O3. The first-order chi connectivity index (χ1) is 15.7. The minimum absolute atomic E-state index is 0.0995. The van der Waals surface area contributed by atoms with Gasteiger partial charge in [0, 0.05) is 36.6 Å². The number of amides is 1. The predicted octanol–water partition coefficient (Wildman–Crippen LogP) is 5.02. The van der Waals surface area contributed by atoms with Crippen LogP contribution in [0.25, 0.3) is 11.3 Å². The van der Waals surface area contributed by atoms with E-state index >= 15 is 0 Å². The van der Waals surface area contributed by atoms with Gasteiger partial charge < -0.3 is 14.2 Å². The van der Waals surface area contributed by atoms with Gasteiger partial charge in [0.1, 0.15) is 5.75 Å². The number of methoxy groups -OCH3 is 1. The van der Waals surface area contributed by atoms with Crippen molar-refractivity contribution in [1.82, 2.24) is 15.0 Å². The van der Waals surface area contributed by atoms with Gasteiger partial charge in [-0.1, -0.05) is 53.7 Å². The molecule has 4 aromatic rings. The van der Waals surface area contributed by atoms with Crippen LogP contribution in [-0.2, 0) is 13.0 Å². The summed E-state index contributed by atoms with van der Waals surface area (Å²) in [5.41, 5.74) is 3.13. The molecule has 2 heterocycles. The Morgan fingerprint density at radius 1 is 1.06 bits per heavy atom. The molecule has 0 saturated carbocycles. The highest BCUT2D eigenvalue weighted by Crippen LogP contribution is 2.24. The van der Waals surface area contributed by atoms with E-state index in [-0.39, 0.29) is 17.6 Å². The van der Waals surface area contributed by atoms with Crippen LogP contribution in [0, 0.1) is 0 Å². The van der Waals surface area contributed by atoms with Crippen molar-refractivity contribution in [3.8, 4) is 17.1 Å². The maximum atomic E-state index is 13.5. The number of aromatic nitrogens is 2. The normalized spacial score (nSPS) is 11.7. The van der Waals surface area contributed by atoms with Crippen LogP contribution in [0.1, 0.15) is 28.5 Å². The lowest BCUT2D eigenvalue weighted by atomic mass is 10.0. The zero-order valence-electron chi connectivity index (χ0n) is 18.1. The monoisotopic (exact) mass is 427 g/mol. The fourth-order valence-corrected chi connectivity index (χ4v) is 3.68. The van der Waals surface area contributed by atoms with Gasteiger partial charge in [0.2, 0.25) is 0 Å². The van der Waals surface area contributed by atoms with E-state index in [2.05, 4.69) is 10.1 Å². The number of hydrogen-bond donors (Lipinski definition) is 0. The van der Waals surface area contributed by atoms with Crippen LogP contribution >= 0.6 is 0 Å². The van der Waals surface area contributed by atoms with Crippen LogP contribution < -0.4 is 4.74 Å². The summed E-state index contributed by atoms with van der Waals surface area (Å²) in [5.74, 6) is 1.14. The van der Waals surface area contributed by atoms with Crippen molar-refractivity contribution in [1.29, 1.82) is 0 Å². The van der Waals surface area contributed by atoms with Crippen LogP contribution in [-0.4, -0.2) is 34.1 Å². The fourth-order valence-electron chi connectivity index (χ4n) is 3.68. The van der Waals surface area contributed by atoms with Gasteiger partial charge in [-0.3, -0.25) is 9.78 Å². The molecule has 6 heteroatoms. The first kappa shape index (κ1) is 21.3. The van der Waals surface area contributed by atoms with Crippen molar-refractivity contribution < 1.29 is 14.1 Å². The Labute approximate surface area is 187 Å². The van der Waals surface area contributed by atoms with Crippen molar-refractivity contribution in [2.45, 2.75) is 25.9 Å². The van der Waals surface area contributed by atoms with Crippen molar-refractivity contribution in [3.05, 3.63) is 102 Å². The number of para-hydroxylation sites is 1. The third-order valence-electron chi connectivity index (χ3n) is 5.37. The molecular weight excluding hydrogens is 402 g/mol. The molecule has 0 spiro atoms. The van der Waals surface area contributed by atoms with Gasteiger partial charge in [0.25, 0.3) is 5.91 Å². The molecule has 4 rings (SSSR count). The Balaban J connectivity index is 1.61. The summed E-state index contributed by atoms with van der Waals surface area (Å²) in [7, 11) is 1.66. The Kier molecular flexibility index (Phi) is 6.60. The number of hydrogen-bond acceptors (Lipinski definition) is 5. The summed E-state index contributed by atoms with van der Waals surface area (Å²) in [5, 5.41) is 4.06. The molecule has 1 atom stereocenters. The van der Waals surface area contributed by atoms with Gasteiger partial charge in [0.15, 0.2) is 11.5 Å². The molecule has 0 N–H and O–H groups in total.